The van der Waals surface area contributed by atoms with Crippen molar-refractivity contribution in [3.63, 3.8) is 0 Å². The van der Waals surface area contributed by atoms with Crippen LogP contribution in [0, 0.1) is 0 Å². The zero-order chi connectivity index (χ0) is 24.3. The molecular formula is C23H28F3N7O. The molecule has 0 saturated carbocycles. The maximum absolute atomic E-state index is 13.2. The molecule has 3 aromatic rings. The zero-order valence-corrected chi connectivity index (χ0v) is 19.0. The lowest BCUT2D eigenvalue weighted by molar-refractivity contribution is -0.137. The molecule has 3 aromatic heterocycles. The Kier molecular flexibility index (Phi) is 7.03. The summed E-state index contributed by atoms with van der Waals surface area (Å²) in [4.78, 5) is 25.2. The molecule has 11 heteroatoms. The number of nitrogens with two attached hydrogens (primary N) is 1. The van der Waals surface area contributed by atoms with Crippen molar-refractivity contribution in [1.82, 2.24) is 24.2 Å². The first-order valence-electron chi connectivity index (χ1n) is 11.3. The van der Waals surface area contributed by atoms with Crippen molar-refractivity contribution in [1.29, 1.82) is 0 Å². The molecule has 0 radical (unpaired) electrons. The molecular weight excluding hydrogens is 447 g/mol. The second-order valence-corrected chi connectivity index (χ2v) is 8.39. The van der Waals surface area contributed by atoms with Gasteiger partial charge in [0.25, 0.3) is 0 Å². The number of rotatable bonds is 7. The van der Waals surface area contributed by atoms with Crippen molar-refractivity contribution in [3.05, 3.63) is 42.4 Å². The third-order valence-electron chi connectivity index (χ3n) is 6.07. The van der Waals surface area contributed by atoms with Gasteiger partial charge >= 0.3 is 6.18 Å². The molecule has 8 nitrogen and oxygen atoms in total. The van der Waals surface area contributed by atoms with Gasteiger partial charge in [-0.15, -0.1) is 0 Å². The van der Waals surface area contributed by atoms with Crippen molar-refractivity contribution in [2.75, 3.05) is 50.3 Å². The summed E-state index contributed by atoms with van der Waals surface area (Å²) in [5.41, 5.74) is 5.78. The van der Waals surface area contributed by atoms with E-state index in [0.29, 0.717) is 23.4 Å². The molecule has 0 bridgehead atoms. The van der Waals surface area contributed by atoms with Crippen LogP contribution in [-0.2, 0) is 11.0 Å². The van der Waals surface area contributed by atoms with E-state index in [1.54, 1.807) is 28.9 Å². The second-order valence-electron chi connectivity index (χ2n) is 8.39. The van der Waals surface area contributed by atoms with Crippen LogP contribution < -0.4 is 11.1 Å². The molecule has 34 heavy (non-hydrogen) atoms. The number of aromatic nitrogens is 3. The SMILES string of the molecule is CCN1CCN(CCCC(=O)Nc2cn3cc(-c4cnc(N)c(C(F)(F)F)c4)ccc3n2)CC1. The van der Waals surface area contributed by atoms with Crippen LogP contribution in [0.5, 0.6) is 0 Å². The maximum Gasteiger partial charge on any atom is 0.419 e. The molecule has 0 unspecified atom stereocenters. The molecule has 1 saturated heterocycles. The van der Waals surface area contributed by atoms with E-state index in [1.165, 1.54) is 6.20 Å². The van der Waals surface area contributed by atoms with Gasteiger partial charge in [0.2, 0.25) is 5.91 Å². The average molecular weight is 476 g/mol. The number of hydrogen-bond acceptors (Lipinski definition) is 6. The molecule has 0 aromatic carbocycles. The van der Waals surface area contributed by atoms with Gasteiger partial charge in [0.1, 0.15) is 11.5 Å². The summed E-state index contributed by atoms with van der Waals surface area (Å²) < 4.78 is 41.2. The molecule has 4 heterocycles. The molecule has 182 valence electrons. The Morgan fingerprint density at radius 2 is 1.85 bits per heavy atom. The van der Waals surface area contributed by atoms with Gasteiger partial charge in [-0.3, -0.25) is 4.79 Å². The summed E-state index contributed by atoms with van der Waals surface area (Å²) in [7, 11) is 0. The largest absolute Gasteiger partial charge is 0.419 e. The van der Waals surface area contributed by atoms with Gasteiger partial charge in [0.15, 0.2) is 5.82 Å². The minimum absolute atomic E-state index is 0.117. The van der Waals surface area contributed by atoms with Crippen molar-refractivity contribution in [2.24, 2.45) is 0 Å². The van der Waals surface area contributed by atoms with E-state index in [1.807, 2.05) is 0 Å². The van der Waals surface area contributed by atoms with Crippen LogP contribution in [0.4, 0.5) is 24.8 Å². The van der Waals surface area contributed by atoms with Gasteiger partial charge in [0.05, 0.1) is 11.8 Å². The van der Waals surface area contributed by atoms with Gasteiger partial charge in [-0.1, -0.05) is 6.92 Å². The normalized spacial score (nSPS) is 15.6. The van der Waals surface area contributed by atoms with Crippen LogP contribution in [0.2, 0.25) is 0 Å². The van der Waals surface area contributed by atoms with E-state index in [9.17, 15) is 18.0 Å². The van der Waals surface area contributed by atoms with Crippen molar-refractivity contribution >= 4 is 23.2 Å². The number of carbonyl (C=O) groups is 1. The Labute approximate surface area is 195 Å². The number of pyridine rings is 2. The van der Waals surface area contributed by atoms with Crippen molar-refractivity contribution in [3.8, 4) is 11.1 Å². The number of hydrogen-bond donors (Lipinski definition) is 2. The first-order valence-corrected chi connectivity index (χ1v) is 11.3. The number of piperazine rings is 1. The molecule has 1 aliphatic heterocycles. The van der Waals surface area contributed by atoms with Crippen LogP contribution in [-0.4, -0.2) is 69.3 Å². The number of amides is 1. The number of fused-ring (bicyclic) bond motifs is 1. The Bertz CT molecular complexity index is 1150. The third-order valence-corrected chi connectivity index (χ3v) is 6.07. The lowest BCUT2D eigenvalue weighted by atomic mass is 10.1. The Balaban J connectivity index is 1.36. The molecule has 0 atom stereocenters. The van der Waals surface area contributed by atoms with Crippen molar-refractivity contribution < 1.29 is 18.0 Å². The Morgan fingerprint density at radius 3 is 2.56 bits per heavy atom. The van der Waals surface area contributed by atoms with Gasteiger partial charge in [-0.25, -0.2) is 9.97 Å². The summed E-state index contributed by atoms with van der Waals surface area (Å²) in [6.45, 7) is 8.30. The van der Waals surface area contributed by atoms with Gasteiger partial charge in [0, 0.05) is 56.1 Å². The fourth-order valence-electron chi connectivity index (χ4n) is 4.08. The Morgan fingerprint density at radius 1 is 1.12 bits per heavy atom. The van der Waals surface area contributed by atoms with E-state index in [0.717, 1.165) is 51.8 Å². The topological polar surface area (TPSA) is 91.8 Å². The number of nitrogens with one attached hydrogen (secondary N) is 1. The summed E-state index contributed by atoms with van der Waals surface area (Å²) in [6.07, 6.45) is 1.14. The summed E-state index contributed by atoms with van der Waals surface area (Å²) in [5, 5.41) is 2.81. The smallest absolute Gasteiger partial charge is 0.383 e. The standard InChI is InChI=1S/C23H28F3N7O/c1-2-31-8-10-32(11-9-31)7-3-4-21(34)30-19-15-33-14-16(5-6-20(33)29-19)17-12-18(23(24,25)26)22(27)28-13-17/h5-6,12-15H,2-4,7-11H2,1H3,(H2,27,28)(H,30,34). The maximum atomic E-state index is 13.2. The number of carbonyl (C=O) groups excluding carboxylic acids is 1. The van der Waals surface area contributed by atoms with Crippen LogP contribution in [0.3, 0.4) is 0 Å². The van der Waals surface area contributed by atoms with E-state index in [4.69, 9.17) is 5.73 Å². The highest BCUT2D eigenvalue weighted by atomic mass is 19.4. The highest BCUT2D eigenvalue weighted by Gasteiger charge is 2.34. The molecule has 1 amide bonds. The lowest BCUT2D eigenvalue weighted by Gasteiger charge is -2.33. The number of alkyl halides is 3. The molecule has 0 aliphatic carbocycles. The zero-order valence-electron chi connectivity index (χ0n) is 19.0. The van der Waals surface area contributed by atoms with Crippen LogP contribution in [0.15, 0.2) is 36.8 Å². The molecule has 1 fully saturated rings. The highest BCUT2D eigenvalue weighted by molar-refractivity contribution is 5.90. The van der Waals surface area contributed by atoms with Gasteiger partial charge < -0.3 is 25.3 Å². The predicted molar refractivity (Wildman–Crippen MR) is 124 cm³/mol. The van der Waals surface area contributed by atoms with Crippen LogP contribution in [0.1, 0.15) is 25.3 Å². The van der Waals surface area contributed by atoms with E-state index in [2.05, 4.69) is 32.0 Å². The first-order chi connectivity index (χ1) is 16.2. The molecule has 4 rings (SSSR count). The van der Waals surface area contributed by atoms with Gasteiger partial charge in [-0.2, -0.15) is 13.2 Å². The summed E-state index contributed by atoms with van der Waals surface area (Å²) in [5.74, 6) is -0.285. The first kappa shape index (κ1) is 24.0. The highest BCUT2D eigenvalue weighted by Crippen LogP contribution is 2.35. The molecule has 0 spiro atoms. The monoisotopic (exact) mass is 475 g/mol. The van der Waals surface area contributed by atoms with Gasteiger partial charge in [-0.05, 0) is 37.7 Å². The number of nitrogen functional groups attached to an aromatic ring is 1. The fourth-order valence-corrected chi connectivity index (χ4v) is 4.08. The number of nitrogens with zero attached hydrogens (tertiary/aromatic N) is 5. The second kappa shape index (κ2) is 9.98. The van der Waals surface area contributed by atoms with E-state index < -0.39 is 17.6 Å². The molecule has 3 N–H and O–H groups in total. The Hall–Kier alpha value is -3.18. The number of imidazole rings is 1. The van der Waals surface area contributed by atoms with Crippen LogP contribution in [0.25, 0.3) is 16.8 Å². The number of anilines is 2. The fraction of sp³-hybridized carbons (Fsp3) is 0.435. The summed E-state index contributed by atoms with van der Waals surface area (Å²) >= 11 is 0. The lowest BCUT2D eigenvalue weighted by Crippen LogP contribution is -2.46. The van der Waals surface area contributed by atoms with Crippen molar-refractivity contribution in [2.45, 2.75) is 25.9 Å². The summed E-state index contributed by atoms with van der Waals surface area (Å²) in [6, 6.07) is 4.30. The quantitative estimate of drug-likeness (QED) is 0.545. The number of halogens is 3. The minimum Gasteiger partial charge on any atom is -0.383 e. The minimum atomic E-state index is -4.59. The number of likely N-dealkylation sites (N-methyl/N-ethyl adjacent to an activating group) is 1. The van der Waals surface area contributed by atoms with E-state index in [-0.39, 0.29) is 11.5 Å². The molecule has 1 aliphatic rings. The third kappa shape index (κ3) is 5.65. The average Bonchev–Trinajstić information content (AvgIpc) is 3.20. The van der Waals surface area contributed by atoms with Crippen LogP contribution >= 0.6 is 0 Å². The predicted octanol–water partition coefficient (Wildman–Crippen LogP) is 3.35. The van der Waals surface area contributed by atoms with E-state index >= 15 is 0 Å².